The third-order valence-electron chi connectivity index (χ3n) is 7.48. The van der Waals surface area contributed by atoms with Gasteiger partial charge in [0.2, 0.25) is 0 Å². The summed E-state index contributed by atoms with van der Waals surface area (Å²) >= 11 is 0. The van der Waals surface area contributed by atoms with Crippen LogP contribution < -0.4 is 14.8 Å². The number of carbonyl (C=O) groups is 1. The number of hydrogen-bond acceptors (Lipinski definition) is 5. The number of fused-ring (bicyclic) bond motifs is 1. The second kappa shape index (κ2) is 11.7. The van der Waals surface area contributed by atoms with Gasteiger partial charge < -0.3 is 19.7 Å². The maximum Gasteiger partial charge on any atom is 0.412 e. The summed E-state index contributed by atoms with van der Waals surface area (Å²) in [5, 5.41) is 3.90. The van der Waals surface area contributed by atoms with Gasteiger partial charge in [-0.3, -0.25) is 4.98 Å². The number of benzene rings is 2. The van der Waals surface area contributed by atoms with Crippen LogP contribution in [0.15, 0.2) is 60.8 Å². The predicted octanol–water partition coefficient (Wildman–Crippen LogP) is 5.95. The van der Waals surface area contributed by atoms with Crippen LogP contribution >= 0.6 is 0 Å². The second-order valence-electron chi connectivity index (χ2n) is 9.98. The van der Waals surface area contributed by atoms with Gasteiger partial charge in [0, 0.05) is 30.7 Å². The summed E-state index contributed by atoms with van der Waals surface area (Å²) in [6.07, 6.45) is 8.93. The van der Waals surface area contributed by atoms with Gasteiger partial charge in [-0.05, 0) is 99.9 Å². The van der Waals surface area contributed by atoms with Gasteiger partial charge in [-0.2, -0.15) is 0 Å². The third kappa shape index (κ3) is 6.52. The van der Waals surface area contributed by atoms with Gasteiger partial charge in [-0.25, -0.2) is 9.18 Å². The van der Waals surface area contributed by atoms with Crippen LogP contribution in [0.2, 0.25) is 0 Å². The number of halogens is 1. The number of pyridine rings is 1. The lowest BCUT2D eigenvalue weighted by Gasteiger charge is -2.34. The Kier molecular flexibility index (Phi) is 7.96. The molecule has 0 atom stereocenters. The number of likely N-dealkylation sites (tertiary alicyclic amines) is 1. The molecule has 2 aliphatic rings. The Morgan fingerprint density at radius 3 is 2.50 bits per heavy atom. The predicted molar refractivity (Wildman–Crippen MR) is 138 cm³/mol. The third-order valence-corrected chi connectivity index (χ3v) is 7.48. The minimum atomic E-state index is -0.388. The fourth-order valence-corrected chi connectivity index (χ4v) is 5.37. The number of rotatable bonds is 7. The first-order valence-corrected chi connectivity index (χ1v) is 13.1. The number of ether oxygens (including phenoxy) is 2. The standard InChI is InChI=1S/C29H34FN3O3/c30-22-7-11-24(12-8-22)35-25-15-19-33(20-16-25)18-14-21-5-9-23(10-6-21)32-29(34)36-28-13-17-31-27-4-2-1-3-26(27)28/h1-4,7-8,11-13,17,21,23,25H,5-6,9-10,14-16,18-20H2,(H,32,34). The lowest BCUT2D eigenvalue weighted by atomic mass is 9.84. The van der Waals surface area contributed by atoms with Crippen LogP contribution in [0.25, 0.3) is 10.9 Å². The SMILES string of the molecule is O=C(NC1CCC(CCN2CCC(Oc3ccc(F)cc3)CC2)CC1)Oc1ccnc2ccccc12. The minimum absolute atomic E-state index is 0.168. The Labute approximate surface area is 211 Å². The van der Waals surface area contributed by atoms with Crippen molar-refractivity contribution < 1.29 is 18.7 Å². The Balaban J connectivity index is 0.987. The molecule has 1 amide bonds. The van der Waals surface area contributed by atoms with Gasteiger partial charge in [-0.1, -0.05) is 12.1 Å². The molecule has 6 nitrogen and oxygen atoms in total. The number of aromatic nitrogens is 1. The van der Waals surface area contributed by atoms with Crippen molar-refractivity contribution in [3.8, 4) is 11.5 Å². The second-order valence-corrected chi connectivity index (χ2v) is 9.98. The average molecular weight is 492 g/mol. The van der Waals surface area contributed by atoms with E-state index < -0.39 is 0 Å². The molecule has 1 saturated heterocycles. The van der Waals surface area contributed by atoms with Crippen LogP contribution in [0.1, 0.15) is 44.9 Å². The summed E-state index contributed by atoms with van der Waals surface area (Å²) in [7, 11) is 0. The van der Waals surface area contributed by atoms with Gasteiger partial charge >= 0.3 is 6.09 Å². The van der Waals surface area contributed by atoms with E-state index in [4.69, 9.17) is 9.47 Å². The minimum Gasteiger partial charge on any atom is -0.490 e. The van der Waals surface area contributed by atoms with Crippen molar-refractivity contribution in [1.82, 2.24) is 15.2 Å². The Morgan fingerprint density at radius 2 is 1.72 bits per heavy atom. The van der Waals surface area contributed by atoms with Crippen molar-refractivity contribution in [3.63, 3.8) is 0 Å². The topological polar surface area (TPSA) is 63.7 Å². The molecule has 2 heterocycles. The van der Waals surface area contributed by atoms with Crippen LogP contribution in [-0.2, 0) is 0 Å². The fraction of sp³-hybridized carbons (Fsp3) is 0.448. The first-order chi connectivity index (χ1) is 17.6. The van der Waals surface area contributed by atoms with Gasteiger partial charge in [0.1, 0.15) is 23.4 Å². The fourth-order valence-electron chi connectivity index (χ4n) is 5.37. The normalized spacial score (nSPS) is 21.2. The van der Waals surface area contributed by atoms with Crippen LogP contribution in [-0.4, -0.2) is 47.8 Å². The molecule has 0 bridgehead atoms. The van der Waals surface area contributed by atoms with E-state index in [1.807, 2.05) is 24.3 Å². The molecular formula is C29H34FN3O3. The van der Waals surface area contributed by atoms with Crippen LogP contribution in [0, 0.1) is 11.7 Å². The molecule has 1 saturated carbocycles. The van der Waals surface area contributed by atoms with E-state index in [-0.39, 0.29) is 24.1 Å². The van der Waals surface area contributed by atoms with Crippen molar-refractivity contribution >= 4 is 17.0 Å². The highest BCUT2D eigenvalue weighted by Crippen LogP contribution is 2.29. The summed E-state index contributed by atoms with van der Waals surface area (Å²) in [4.78, 5) is 19.4. The van der Waals surface area contributed by atoms with Gasteiger partial charge in [0.25, 0.3) is 0 Å². The van der Waals surface area contributed by atoms with E-state index in [9.17, 15) is 9.18 Å². The lowest BCUT2D eigenvalue weighted by Crippen LogP contribution is -2.41. The zero-order valence-corrected chi connectivity index (χ0v) is 20.6. The number of para-hydroxylation sites is 1. The van der Waals surface area contributed by atoms with E-state index >= 15 is 0 Å². The number of hydrogen-bond donors (Lipinski definition) is 1. The zero-order valence-electron chi connectivity index (χ0n) is 20.6. The zero-order chi connectivity index (χ0) is 24.7. The van der Waals surface area contributed by atoms with Crippen molar-refractivity contribution in [2.75, 3.05) is 19.6 Å². The molecule has 0 radical (unpaired) electrons. The van der Waals surface area contributed by atoms with Gasteiger partial charge in [0.15, 0.2) is 0 Å². The number of piperidine rings is 1. The molecule has 0 spiro atoms. The highest BCUT2D eigenvalue weighted by molar-refractivity contribution is 5.87. The molecular weight excluding hydrogens is 457 g/mol. The van der Waals surface area contributed by atoms with Crippen molar-refractivity contribution in [2.45, 2.75) is 57.1 Å². The van der Waals surface area contributed by atoms with Crippen molar-refractivity contribution in [1.29, 1.82) is 0 Å². The smallest absolute Gasteiger partial charge is 0.412 e. The molecule has 190 valence electrons. The van der Waals surface area contributed by atoms with E-state index in [0.29, 0.717) is 11.7 Å². The number of nitrogens with zero attached hydrogens (tertiary/aromatic N) is 2. The highest BCUT2D eigenvalue weighted by Gasteiger charge is 2.25. The monoisotopic (exact) mass is 491 g/mol. The summed E-state index contributed by atoms with van der Waals surface area (Å²) in [6.45, 7) is 3.19. The summed E-state index contributed by atoms with van der Waals surface area (Å²) in [5.41, 5.74) is 0.813. The molecule has 7 heteroatoms. The Morgan fingerprint density at radius 1 is 0.972 bits per heavy atom. The van der Waals surface area contributed by atoms with E-state index in [1.165, 1.54) is 18.6 Å². The van der Waals surface area contributed by atoms with E-state index in [0.717, 1.165) is 74.8 Å². The molecule has 2 fully saturated rings. The summed E-state index contributed by atoms with van der Waals surface area (Å²) in [5.74, 6) is 1.76. The first-order valence-electron chi connectivity index (χ1n) is 13.1. The molecule has 1 aromatic heterocycles. The van der Waals surface area contributed by atoms with Gasteiger partial charge in [0.05, 0.1) is 5.52 Å². The lowest BCUT2D eigenvalue weighted by molar-refractivity contribution is 0.0948. The average Bonchev–Trinajstić information content (AvgIpc) is 2.91. The Bertz CT molecular complexity index is 1130. The van der Waals surface area contributed by atoms with Gasteiger partial charge in [-0.15, -0.1) is 0 Å². The molecule has 1 aliphatic carbocycles. The quantitative estimate of drug-likeness (QED) is 0.442. The molecule has 5 rings (SSSR count). The molecule has 1 N–H and O–H groups in total. The largest absolute Gasteiger partial charge is 0.490 e. The number of carbonyl (C=O) groups excluding carboxylic acids is 1. The molecule has 0 unspecified atom stereocenters. The first kappa shape index (κ1) is 24.5. The van der Waals surface area contributed by atoms with Crippen molar-refractivity contribution in [2.24, 2.45) is 5.92 Å². The maximum absolute atomic E-state index is 13.1. The highest BCUT2D eigenvalue weighted by atomic mass is 19.1. The number of nitrogens with one attached hydrogen (secondary N) is 1. The van der Waals surface area contributed by atoms with Crippen LogP contribution in [0.4, 0.5) is 9.18 Å². The Hall–Kier alpha value is -3.19. The maximum atomic E-state index is 13.1. The van der Waals surface area contributed by atoms with E-state index in [2.05, 4.69) is 15.2 Å². The molecule has 3 aromatic rings. The molecule has 36 heavy (non-hydrogen) atoms. The van der Waals surface area contributed by atoms with Crippen molar-refractivity contribution in [3.05, 3.63) is 66.6 Å². The van der Waals surface area contributed by atoms with E-state index in [1.54, 1.807) is 24.4 Å². The summed E-state index contributed by atoms with van der Waals surface area (Å²) < 4.78 is 24.7. The molecule has 2 aromatic carbocycles. The molecule has 1 aliphatic heterocycles. The van der Waals surface area contributed by atoms with Crippen LogP contribution in [0.3, 0.4) is 0 Å². The number of amides is 1. The van der Waals surface area contributed by atoms with Crippen LogP contribution in [0.5, 0.6) is 11.5 Å². The summed E-state index contributed by atoms with van der Waals surface area (Å²) in [6, 6.07) is 15.9.